The highest BCUT2D eigenvalue weighted by molar-refractivity contribution is 14.0. The molecule has 0 aliphatic rings. The van der Waals surface area contributed by atoms with Crippen molar-refractivity contribution in [2.45, 2.75) is 32.2 Å². The number of benzene rings is 1. The number of halogens is 2. The topological polar surface area (TPSA) is 56.7 Å². The van der Waals surface area contributed by atoms with Gasteiger partial charge in [-0.05, 0) is 42.5 Å². The van der Waals surface area contributed by atoms with E-state index < -0.39 is 0 Å². The molecule has 8 heteroatoms. The summed E-state index contributed by atoms with van der Waals surface area (Å²) in [6.07, 6.45) is 7.01. The molecule has 0 heterocycles. The van der Waals surface area contributed by atoms with Crippen molar-refractivity contribution in [2.24, 2.45) is 4.99 Å². The monoisotopic (exact) mass is 570 g/mol. The van der Waals surface area contributed by atoms with E-state index in [4.69, 9.17) is 0 Å². The first-order valence-electron chi connectivity index (χ1n) is 8.98. The Morgan fingerprint density at radius 1 is 1.11 bits per heavy atom. The van der Waals surface area contributed by atoms with Gasteiger partial charge in [-0.25, -0.2) is 4.99 Å². The fraction of sp³-hybridized carbons (Fsp3) is 0.579. The fourth-order valence-electron chi connectivity index (χ4n) is 2.18. The molecular weight excluding hydrogens is 539 g/mol. The van der Waals surface area contributed by atoms with Crippen molar-refractivity contribution in [3.63, 3.8) is 0 Å². The first kappa shape index (κ1) is 26.5. The van der Waals surface area contributed by atoms with E-state index in [-0.39, 0.29) is 36.4 Å². The van der Waals surface area contributed by atoms with Crippen LogP contribution in [-0.2, 0) is 11.3 Å². The second-order valence-corrected chi connectivity index (χ2v) is 8.17. The van der Waals surface area contributed by atoms with Crippen molar-refractivity contribution in [1.29, 1.82) is 0 Å². The number of nitrogens with zero attached hydrogens (tertiary/aromatic N) is 2. The van der Waals surface area contributed by atoms with Gasteiger partial charge in [0.25, 0.3) is 0 Å². The molecule has 0 atom stereocenters. The summed E-state index contributed by atoms with van der Waals surface area (Å²) in [4.78, 5) is 18.0. The highest BCUT2D eigenvalue weighted by atomic mass is 127. The quantitative estimate of drug-likeness (QED) is 0.182. The third-order valence-electron chi connectivity index (χ3n) is 3.81. The van der Waals surface area contributed by atoms with Gasteiger partial charge in [-0.1, -0.05) is 40.9 Å². The van der Waals surface area contributed by atoms with Crippen LogP contribution in [0.2, 0.25) is 0 Å². The maximum absolute atomic E-state index is 11.8. The predicted octanol–water partition coefficient (Wildman–Crippen LogP) is 4.11. The number of thioether (sulfide) groups is 1. The zero-order valence-electron chi connectivity index (χ0n) is 16.5. The van der Waals surface area contributed by atoms with E-state index in [0.29, 0.717) is 12.5 Å². The van der Waals surface area contributed by atoms with E-state index in [9.17, 15) is 4.79 Å². The average Bonchev–Trinajstić information content (AvgIpc) is 2.63. The lowest BCUT2D eigenvalue weighted by atomic mass is 10.2. The van der Waals surface area contributed by atoms with E-state index in [1.807, 2.05) is 36.0 Å². The molecule has 1 aromatic carbocycles. The number of hydrogen-bond donors (Lipinski definition) is 2. The molecule has 0 bridgehead atoms. The molecule has 154 valence electrons. The lowest BCUT2D eigenvalue weighted by molar-refractivity contribution is -0.127. The van der Waals surface area contributed by atoms with Crippen molar-refractivity contribution < 1.29 is 4.79 Å². The highest BCUT2D eigenvalue weighted by Gasteiger charge is 2.05. The lowest BCUT2D eigenvalue weighted by Gasteiger charge is -2.15. The number of hydrogen-bond acceptors (Lipinski definition) is 3. The minimum absolute atomic E-state index is 0. The molecule has 0 radical (unpaired) electrons. The maximum Gasteiger partial charge on any atom is 0.241 e. The summed E-state index contributed by atoms with van der Waals surface area (Å²) >= 11 is 5.34. The molecule has 0 spiro atoms. The first-order chi connectivity index (χ1) is 12.5. The van der Waals surface area contributed by atoms with E-state index in [1.54, 1.807) is 19.0 Å². The van der Waals surface area contributed by atoms with Crippen molar-refractivity contribution in [2.75, 3.05) is 39.2 Å². The number of guanidine groups is 1. The molecule has 27 heavy (non-hydrogen) atoms. The number of carbonyl (C=O) groups excluding carboxylic acids is 1. The minimum atomic E-state index is 0. The van der Waals surface area contributed by atoms with Crippen molar-refractivity contribution in [3.8, 4) is 0 Å². The number of nitrogens with one attached hydrogen (secondary N) is 2. The Kier molecular flexibility index (Phi) is 16.2. The second kappa shape index (κ2) is 16.5. The van der Waals surface area contributed by atoms with Crippen LogP contribution in [0.5, 0.6) is 0 Å². The molecule has 1 aromatic rings. The lowest BCUT2D eigenvalue weighted by Crippen LogP contribution is -2.43. The van der Waals surface area contributed by atoms with Crippen LogP contribution in [-0.4, -0.2) is 56.0 Å². The molecule has 0 aliphatic heterocycles. The van der Waals surface area contributed by atoms with Gasteiger partial charge in [0, 0.05) is 25.1 Å². The Balaban J connectivity index is 0.00000676. The maximum atomic E-state index is 11.8. The Morgan fingerprint density at radius 2 is 1.78 bits per heavy atom. The Bertz CT molecular complexity index is 555. The van der Waals surface area contributed by atoms with Crippen molar-refractivity contribution in [3.05, 3.63) is 34.3 Å². The van der Waals surface area contributed by atoms with Crippen LogP contribution < -0.4 is 10.6 Å². The van der Waals surface area contributed by atoms with Crippen LogP contribution in [0.1, 0.15) is 31.2 Å². The standard InChI is InChI=1S/C19H31BrN4OS.HI/c1-24(2)18(25)15-23-19(21-12-6-4-5-7-13-26-3)22-14-16-8-10-17(20)11-9-16;/h8-11H,4-7,12-15H2,1-3H3,(H2,21,22,23);1H. The van der Waals surface area contributed by atoms with Crippen LogP contribution in [0.4, 0.5) is 0 Å². The molecule has 1 amide bonds. The van der Waals surface area contributed by atoms with E-state index in [0.717, 1.165) is 23.0 Å². The zero-order valence-corrected chi connectivity index (χ0v) is 21.2. The predicted molar refractivity (Wildman–Crippen MR) is 132 cm³/mol. The molecular formula is C19H32BrIN4OS. The average molecular weight is 571 g/mol. The number of aliphatic imine (C=N–C) groups is 1. The first-order valence-corrected chi connectivity index (χ1v) is 11.2. The van der Waals surface area contributed by atoms with Crippen molar-refractivity contribution >= 4 is 63.5 Å². The van der Waals surface area contributed by atoms with Gasteiger partial charge in [0.15, 0.2) is 5.96 Å². The Morgan fingerprint density at radius 3 is 2.41 bits per heavy atom. The summed E-state index contributed by atoms with van der Waals surface area (Å²) in [7, 11) is 3.51. The summed E-state index contributed by atoms with van der Waals surface area (Å²) in [5, 5.41) is 6.47. The van der Waals surface area contributed by atoms with Gasteiger partial charge in [-0.2, -0.15) is 11.8 Å². The SMILES string of the molecule is CSCCCCCCNC(=NCc1ccc(Br)cc1)NCC(=O)N(C)C.I. The van der Waals surface area contributed by atoms with Crippen LogP contribution in [0, 0.1) is 0 Å². The molecule has 0 aromatic heterocycles. The number of carbonyl (C=O) groups is 1. The zero-order chi connectivity index (χ0) is 19.2. The van der Waals surface area contributed by atoms with E-state index >= 15 is 0 Å². The number of likely N-dealkylation sites (N-methyl/N-ethyl adjacent to an activating group) is 1. The molecule has 0 unspecified atom stereocenters. The summed E-state index contributed by atoms with van der Waals surface area (Å²) in [5.74, 6) is 1.95. The van der Waals surface area contributed by atoms with Gasteiger partial charge in [-0.3, -0.25) is 4.79 Å². The summed E-state index contributed by atoms with van der Waals surface area (Å²) in [5.41, 5.74) is 1.13. The van der Waals surface area contributed by atoms with Gasteiger partial charge in [0.1, 0.15) is 0 Å². The van der Waals surface area contributed by atoms with Gasteiger partial charge in [-0.15, -0.1) is 24.0 Å². The van der Waals surface area contributed by atoms with Gasteiger partial charge < -0.3 is 15.5 Å². The molecule has 2 N–H and O–H groups in total. The molecule has 5 nitrogen and oxygen atoms in total. The van der Waals surface area contributed by atoms with E-state index in [2.05, 4.69) is 37.8 Å². The smallest absolute Gasteiger partial charge is 0.241 e. The van der Waals surface area contributed by atoms with Crippen molar-refractivity contribution in [1.82, 2.24) is 15.5 Å². The Labute approximate surface area is 193 Å². The third kappa shape index (κ3) is 13.3. The van der Waals surface area contributed by atoms with Crippen LogP contribution >= 0.6 is 51.7 Å². The minimum Gasteiger partial charge on any atom is -0.356 e. The van der Waals surface area contributed by atoms with Crippen LogP contribution in [0.15, 0.2) is 33.7 Å². The molecule has 0 saturated heterocycles. The number of unbranched alkanes of at least 4 members (excludes halogenated alkanes) is 3. The number of rotatable bonds is 11. The Hall–Kier alpha value is -0.480. The molecule has 1 rings (SSSR count). The molecule has 0 aliphatic carbocycles. The van der Waals surface area contributed by atoms with Gasteiger partial charge >= 0.3 is 0 Å². The van der Waals surface area contributed by atoms with Gasteiger partial charge in [0.2, 0.25) is 5.91 Å². The largest absolute Gasteiger partial charge is 0.356 e. The van der Waals surface area contributed by atoms with E-state index in [1.165, 1.54) is 25.0 Å². The fourth-order valence-corrected chi connectivity index (χ4v) is 2.94. The highest BCUT2D eigenvalue weighted by Crippen LogP contribution is 2.11. The number of amides is 1. The summed E-state index contributed by atoms with van der Waals surface area (Å²) in [6, 6.07) is 8.11. The second-order valence-electron chi connectivity index (χ2n) is 6.27. The third-order valence-corrected chi connectivity index (χ3v) is 5.03. The molecule has 0 saturated carbocycles. The summed E-state index contributed by atoms with van der Waals surface area (Å²) in [6.45, 7) is 1.68. The normalized spacial score (nSPS) is 10.9. The van der Waals surface area contributed by atoms with Crippen LogP contribution in [0.3, 0.4) is 0 Å². The summed E-state index contributed by atoms with van der Waals surface area (Å²) < 4.78 is 1.06. The van der Waals surface area contributed by atoms with Gasteiger partial charge in [0.05, 0.1) is 13.1 Å². The van der Waals surface area contributed by atoms with Crippen LogP contribution in [0.25, 0.3) is 0 Å². The molecule has 0 fully saturated rings.